The highest BCUT2D eigenvalue weighted by molar-refractivity contribution is 7.16. The van der Waals surface area contributed by atoms with Crippen molar-refractivity contribution in [2.24, 2.45) is 0 Å². The van der Waals surface area contributed by atoms with Crippen LogP contribution in [0.3, 0.4) is 0 Å². The van der Waals surface area contributed by atoms with Gasteiger partial charge in [0.05, 0.1) is 21.1 Å². The van der Waals surface area contributed by atoms with E-state index in [0.29, 0.717) is 5.02 Å². The summed E-state index contributed by atoms with van der Waals surface area (Å²) in [4.78, 5) is 5.12. The first-order chi connectivity index (χ1) is 7.66. The molecule has 0 bridgehead atoms. The van der Waals surface area contributed by atoms with Gasteiger partial charge in [-0.15, -0.1) is 11.3 Å². The van der Waals surface area contributed by atoms with Crippen molar-refractivity contribution in [3.63, 3.8) is 0 Å². The van der Waals surface area contributed by atoms with Gasteiger partial charge < -0.3 is 5.32 Å². The lowest BCUT2D eigenvalue weighted by molar-refractivity contribution is 0.907. The van der Waals surface area contributed by atoms with Gasteiger partial charge in [0.1, 0.15) is 0 Å². The van der Waals surface area contributed by atoms with E-state index in [9.17, 15) is 0 Å². The zero-order chi connectivity index (χ0) is 11.5. The van der Waals surface area contributed by atoms with E-state index >= 15 is 0 Å². The molecule has 0 fully saturated rings. The van der Waals surface area contributed by atoms with Crippen molar-refractivity contribution in [3.05, 3.63) is 44.8 Å². The molecule has 0 aliphatic carbocycles. The van der Waals surface area contributed by atoms with Crippen LogP contribution in [0.1, 0.15) is 17.8 Å². The molecule has 2 nitrogen and oxygen atoms in total. The van der Waals surface area contributed by atoms with Crippen LogP contribution in [0.25, 0.3) is 0 Å². The highest BCUT2D eigenvalue weighted by Crippen LogP contribution is 2.30. The summed E-state index contributed by atoms with van der Waals surface area (Å²) in [6.45, 7) is 2.07. The second-order valence-corrected chi connectivity index (χ2v) is 5.52. The largest absolute Gasteiger partial charge is 0.376 e. The van der Waals surface area contributed by atoms with Crippen molar-refractivity contribution in [2.75, 3.05) is 5.32 Å². The van der Waals surface area contributed by atoms with Gasteiger partial charge in [-0.1, -0.05) is 23.2 Å². The fourth-order valence-corrected chi connectivity index (χ4v) is 2.59. The fraction of sp³-hybridized carbons (Fsp3) is 0.182. The lowest BCUT2D eigenvalue weighted by Crippen LogP contribution is -2.05. The number of rotatable bonds is 3. The Labute approximate surface area is 108 Å². The number of pyridine rings is 1. The third-order valence-corrected chi connectivity index (χ3v) is 3.88. The van der Waals surface area contributed by atoms with Gasteiger partial charge in [0, 0.05) is 17.3 Å². The molecule has 2 rings (SSSR count). The zero-order valence-corrected chi connectivity index (χ0v) is 10.9. The Morgan fingerprint density at radius 1 is 1.31 bits per heavy atom. The van der Waals surface area contributed by atoms with E-state index < -0.39 is 0 Å². The van der Waals surface area contributed by atoms with Crippen LogP contribution in [0.4, 0.5) is 5.69 Å². The molecule has 2 heterocycles. The van der Waals surface area contributed by atoms with Crippen molar-refractivity contribution in [1.82, 2.24) is 4.98 Å². The number of nitrogens with one attached hydrogen (secondary N) is 1. The molecule has 0 aliphatic rings. The monoisotopic (exact) mass is 272 g/mol. The van der Waals surface area contributed by atoms with Gasteiger partial charge in [-0.3, -0.25) is 4.98 Å². The summed E-state index contributed by atoms with van der Waals surface area (Å²) in [5, 5.41) is 3.94. The number of hydrogen-bond acceptors (Lipinski definition) is 3. The van der Waals surface area contributed by atoms with Crippen LogP contribution in [0.15, 0.2) is 30.6 Å². The Hall–Kier alpha value is -0.770. The minimum Gasteiger partial charge on any atom is -0.376 e. The first kappa shape index (κ1) is 11.7. The standard InChI is InChI=1S/C11H10Cl2N2S/c1-7(10-2-3-11(13)16-10)15-9-4-5-14-6-8(9)12/h2-7H,1H3,(H,14,15). The quantitative estimate of drug-likeness (QED) is 0.882. The maximum Gasteiger partial charge on any atom is 0.0932 e. The van der Waals surface area contributed by atoms with Crippen LogP contribution in [-0.4, -0.2) is 4.98 Å². The molecule has 2 aromatic rings. The van der Waals surface area contributed by atoms with Crippen molar-refractivity contribution >= 4 is 40.2 Å². The predicted octanol–water partition coefficient (Wildman–Crippen LogP) is 4.62. The first-order valence-electron chi connectivity index (χ1n) is 4.78. The van der Waals surface area contributed by atoms with Gasteiger partial charge in [0.25, 0.3) is 0 Å². The highest BCUT2D eigenvalue weighted by Gasteiger charge is 2.09. The van der Waals surface area contributed by atoms with Gasteiger partial charge in [0.2, 0.25) is 0 Å². The average molecular weight is 273 g/mol. The topological polar surface area (TPSA) is 24.9 Å². The Bertz CT molecular complexity index is 484. The Morgan fingerprint density at radius 2 is 2.12 bits per heavy atom. The maximum absolute atomic E-state index is 6.01. The Morgan fingerprint density at radius 3 is 2.75 bits per heavy atom. The number of halogens is 2. The third kappa shape index (κ3) is 2.67. The van der Waals surface area contributed by atoms with Crippen LogP contribution in [0, 0.1) is 0 Å². The molecule has 1 unspecified atom stereocenters. The van der Waals surface area contributed by atoms with E-state index in [0.717, 1.165) is 10.0 Å². The average Bonchev–Trinajstić information content (AvgIpc) is 2.68. The van der Waals surface area contributed by atoms with E-state index in [-0.39, 0.29) is 6.04 Å². The van der Waals surface area contributed by atoms with Gasteiger partial charge in [-0.2, -0.15) is 0 Å². The number of anilines is 1. The highest BCUT2D eigenvalue weighted by atomic mass is 35.5. The summed E-state index contributed by atoms with van der Waals surface area (Å²) in [6, 6.07) is 5.94. The number of nitrogens with zero attached hydrogens (tertiary/aromatic N) is 1. The van der Waals surface area contributed by atoms with Crippen LogP contribution in [0.5, 0.6) is 0 Å². The van der Waals surface area contributed by atoms with Gasteiger partial charge in [-0.05, 0) is 25.1 Å². The normalized spacial score (nSPS) is 12.4. The molecule has 0 amide bonds. The molecule has 0 aliphatic heterocycles. The number of hydrogen-bond donors (Lipinski definition) is 1. The van der Waals surface area contributed by atoms with Crippen LogP contribution in [-0.2, 0) is 0 Å². The smallest absolute Gasteiger partial charge is 0.0932 e. The first-order valence-corrected chi connectivity index (χ1v) is 6.35. The molecule has 2 aromatic heterocycles. The summed E-state index contributed by atoms with van der Waals surface area (Å²) < 4.78 is 0.796. The predicted molar refractivity (Wildman–Crippen MR) is 70.6 cm³/mol. The minimum atomic E-state index is 0.178. The summed E-state index contributed by atoms with van der Waals surface area (Å²) >= 11 is 13.5. The molecule has 0 radical (unpaired) electrons. The molecule has 5 heteroatoms. The molecule has 1 N–H and O–H groups in total. The molecule has 0 spiro atoms. The fourth-order valence-electron chi connectivity index (χ4n) is 1.36. The molecule has 16 heavy (non-hydrogen) atoms. The second kappa shape index (κ2) is 5.04. The number of thiophene rings is 1. The van der Waals surface area contributed by atoms with Gasteiger partial charge in [0.15, 0.2) is 0 Å². The molecule has 84 valence electrons. The summed E-state index contributed by atoms with van der Waals surface area (Å²) in [7, 11) is 0. The molecule has 0 saturated carbocycles. The molecule has 0 aromatic carbocycles. The van der Waals surface area contributed by atoms with E-state index in [1.165, 1.54) is 4.88 Å². The van der Waals surface area contributed by atoms with E-state index in [1.807, 2.05) is 18.2 Å². The SMILES string of the molecule is CC(Nc1ccncc1Cl)c1ccc(Cl)s1. The second-order valence-electron chi connectivity index (χ2n) is 3.36. The van der Waals surface area contributed by atoms with Gasteiger partial charge >= 0.3 is 0 Å². The summed E-state index contributed by atoms with van der Waals surface area (Å²) in [5.41, 5.74) is 0.883. The maximum atomic E-state index is 6.01. The van der Waals surface area contributed by atoms with Crippen LogP contribution >= 0.6 is 34.5 Å². The van der Waals surface area contributed by atoms with Crippen LogP contribution < -0.4 is 5.32 Å². The Kier molecular flexibility index (Phi) is 3.69. The lowest BCUT2D eigenvalue weighted by Gasteiger charge is -2.14. The molecule has 1 atom stereocenters. The number of aromatic nitrogens is 1. The van der Waals surface area contributed by atoms with E-state index in [2.05, 4.69) is 17.2 Å². The zero-order valence-electron chi connectivity index (χ0n) is 8.58. The van der Waals surface area contributed by atoms with E-state index in [4.69, 9.17) is 23.2 Å². The molecular weight excluding hydrogens is 263 g/mol. The van der Waals surface area contributed by atoms with Crippen molar-refractivity contribution < 1.29 is 0 Å². The Balaban J connectivity index is 2.13. The molecule has 0 saturated heterocycles. The lowest BCUT2D eigenvalue weighted by atomic mass is 10.2. The van der Waals surface area contributed by atoms with E-state index in [1.54, 1.807) is 23.7 Å². The molecular formula is C11H10Cl2N2S. The minimum absolute atomic E-state index is 0.178. The van der Waals surface area contributed by atoms with Crippen LogP contribution in [0.2, 0.25) is 9.36 Å². The van der Waals surface area contributed by atoms with Crippen molar-refractivity contribution in [1.29, 1.82) is 0 Å². The summed E-state index contributed by atoms with van der Waals surface area (Å²) in [5.74, 6) is 0. The van der Waals surface area contributed by atoms with Gasteiger partial charge in [-0.25, -0.2) is 0 Å². The third-order valence-electron chi connectivity index (χ3n) is 2.17. The van der Waals surface area contributed by atoms with Crippen molar-refractivity contribution in [3.8, 4) is 0 Å². The summed E-state index contributed by atoms with van der Waals surface area (Å²) in [6.07, 6.45) is 3.33. The van der Waals surface area contributed by atoms with Crippen molar-refractivity contribution in [2.45, 2.75) is 13.0 Å².